The summed E-state index contributed by atoms with van der Waals surface area (Å²) in [5.74, 6) is 1.17. The largest absolute Gasteiger partial charge is 0.393 e. The van der Waals surface area contributed by atoms with Gasteiger partial charge in [-0.25, -0.2) is 0 Å². The number of nitrogens with zero attached hydrogens (tertiary/aromatic N) is 3. The van der Waals surface area contributed by atoms with Crippen LogP contribution < -0.4 is 11.1 Å². The molecule has 0 atom stereocenters. The number of rotatable bonds is 7. The molecule has 28 heavy (non-hydrogen) atoms. The summed E-state index contributed by atoms with van der Waals surface area (Å²) >= 11 is 0. The van der Waals surface area contributed by atoms with Gasteiger partial charge in [-0.2, -0.15) is 5.10 Å². The molecule has 0 aliphatic heterocycles. The lowest BCUT2D eigenvalue weighted by molar-refractivity contribution is 0.0836. The molecular formula is C21H28N6O. The summed E-state index contributed by atoms with van der Waals surface area (Å²) in [6, 6.07) is 2.76. The van der Waals surface area contributed by atoms with Gasteiger partial charge in [0.2, 0.25) is 0 Å². The van der Waals surface area contributed by atoms with Crippen LogP contribution in [0.15, 0.2) is 18.5 Å². The number of aliphatic hydroxyl groups is 1. The van der Waals surface area contributed by atoms with Gasteiger partial charge in [-0.3, -0.25) is 9.67 Å². The first-order valence-electron chi connectivity index (χ1n) is 10.4. The quantitative estimate of drug-likeness (QED) is 0.552. The molecule has 0 unspecified atom stereocenters. The first-order valence-corrected chi connectivity index (χ1v) is 10.4. The minimum absolute atomic E-state index is 0.207. The van der Waals surface area contributed by atoms with Crippen LogP contribution in [0.2, 0.25) is 0 Å². The molecule has 3 fully saturated rings. The van der Waals surface area contributed by atoms with Crippen molar-refractivity contribution < 1.29 is 5.11 Å². The zero-order valence-corrected chi connectivity index (χ0v) is 16.0. The van der Waals surface area contributed by atoms with E-state index in [0.29, 0.717) is 17.9 Å². The molecule has 2 aromatic rings. The summed E-state index contributed by atoms with van der Waals surface area (Å²) in [4.78, 5) is 4.65. The maximum Gasteiger partial charge on any atom is 0.0757 e. The van der Waals surface area contributed by atoms with E-state index >= 15 is 0 Å². The van der Waals surface area contributed by atoms with Gasteiger partial charge in [0, 0.05) is 47.4 Å². The molecule has 7 nitrogen and oxygen atoms in total. The highest BCUT2D eigenvalue weighted by molar-refractivity contribution is 5.87. The molecule has 5 N–H and O–H groups in total. The number of aromatic nitrogens is 3. The Morgan fingerprint density at radius 2 is 2.07 bits per heavy atom. The van der Waals surface area contributed by atoms with Crippen LogP contribution in [0.1, 0.15) is 61.7 Å². The van der Waals surface area contributed by atoms with E-state index in [1.165, 1.54) is 19.1 Å². The van der Waals surface area contributed by atoms with Crippen LogP contribution in [-0.2, 0) is 0 Å². The predicted molar refractivity (Wildman–Crippen MR) is 109 cm³/mol. The van der Waals surface area contributed by atoms with Crippen LogP contribution in [0.4, 0.5) is 5.69 Å². The number of nitrogens with two attached hydrogens (primary N) is 1. The van der Waals surface area contributed by atoms with Crippen molar-refractivity contribution in [2.75, 3.05) is 11.9 Å². The third-order valence-corrected chi connectivity index (χ3v) is 6.48. The second kappa shape index (κ2) is 6.97. The van der Waals surface area contributed by atoms with Gasteiger partial charge in [-0.1, -0.05) is 0 Å². The van der Waals surface area contributed by atoms with Gasteiger partial charge < -0.3 is 21.6 Å². The highest BCUT2D eigenvalue weighted by Gasteiger charge is 2.35. The van der Waals surface area contributed by atoms with Gasteiger partial charge in [0.25, 0.3) is 0 Å². The van der Waals surface area contributed by atoms with Crippen LogP contribution in [0.25, 0.3) is 11.3 Å². The minimum atomic E-state index is -0.207. The van der Waals surface area contributed by atoms with Crippen molar-refractivity contribution in [1.29, 1.82) is 5.41 Å². The normalized spacial score (nSPS) is 29.1. The standard InChI is InChI=1S/C21H28N6O/c22-8-12-3-16(4-12)27-11-18(21(26-27)13-1-2-13)20-7-19(14(9-23)10-24-20)25-15-5-17(28)6-15/h7,9-13,15-17,23,28H,1-6,8,22H2,(H,24,25). The van der Waals surface area contributed by atoms with Gasteiger partial charge in [-0.15, -0.1) is 0 Å². The molecule has 0 bridgehead atoms. The highest BCUT2D eigenvalue weighted by Crippen LogP contribution is 2.45. The summed E-state index contributed by atoms with van der Waals surface area (Å²) in [5.41, 5.74) is 10.7. The molecule has 2 aromatic heterocycles. The van der Waals surface area contributed by atoms with Gasteiger partial charge in [0.05, 0.1) is 23.5 Å². The van der Waals surface area contributed by atoms with Gasteiger partial charge in [0.15, 0.2) is 0 Å². The second-order valence-electron chi connectivity index (χ2n) is 8.68. The Hall–Kier alpha value is -2.25. The Bertz CT molecular complexity index is 877. The van der Waals surface area contributed by atoms with Crippen LogP contribution in [0.3, 0.4) is 0 Å². The molecule has 5 rings (SSSR count). The lowest BCUT2D eigenvalue weighted by Gasteiger charge is -2.34. The van der Waals surface area contributed by atoms with Crippen LogP contribution >= 0.6 is 0 Å². The first-order chi connectivity index (χ1) is 13.6. The third-order valence-electron chi connectivity index (χ3n) is 6.48. The SMILES string of the molecule is N=Cc1cnc(-c2cn(C3CC(CN)C3)nc2C2CC2)cc1NC1CC(O)C1. The number of hydrogen-bond acceptors (Lipinski definition) is 6. The van der Waals surface area contributed by atoms with E-state index in [-0.39, 0.29) is 12.1 Å². The Morgan fingerprint density at radius 3 is 2.71 bits per heavy atom. The predicted octanol–water partition coefficient (Wildman–Crippen LogP) is 2.67. The van der Waals surface area contributed by atoms with Crippen molar-refractivity contribution >= 4 is 11.9 Å². The number of hydrogen-bond donors (Lipinski definition) is 4. The Morgan fingerprint density at radius 1 is 1.29 bits per heavy atom. The fourth-order valence-corrected chi connectivity index (χ4v) is 4.34. The van der Waals surface area contributed by atoms with E-state index in [2.05, 4.69) is 21.2 Å². The zero-order valence-electron chi connectivity index (χ0n) is 16.0. The molecule has 3 aliphatic carbocycles. The Kier molecular flexibility index (Phi) is 4.44. The van der Waals surface area contributed by atoms with E-state index in [0.717, 1.165) is 60.4 Å². The molecule has 0 spiro atoms. The van der Waals surface area contributed by atoms with E-state index in [4.69, 9.17) is 16.2 Å². The van der Waals surface area contributed by atoms with Crippen molar-refractivity contribution in [3.05, 3.63) is 29.7 Å². The molecule has 0 radical (unpaired) electrons. The van der Waals surface area contributed by atoms with Crippen molar-refractivity contribution in [2.24, 2.45) is 11.7 Å². The van der Waals surface area contributed by atoms with Gasteiger partial charge in [-0.05, 0) is 57.1 Å². The molecule has 3 saturated carbocycles. The van der Waals surface area contributed by atoms with E-state index in [1.807, 2.05) is 6.07 Å². The van der Waals surface area contributed by atoms with E-state index < -0.39 is 0 Å². The molecule has 0 amide bonds. The van der Waals surface area contributed by atoms with Crippen molar-refractivity contribution in [3.63, 3.8) is 0 Å². The summed E-state index contributed by atoms with van der Waals surface area (Å²) in [6.07, 6.45) is 11.2. The van der Waals surface area contributed by atoms with Crippen LogP contribution in [-0.4, -0.2) is 44.8 Å². The topological polar surface area (TPSA) is 113 Å². The number of aliphatic hydroxyl groups excluding tert-OH is 1. The van der Waals surface area contributed by atoms with Crippen molar-refractivity contribution in [2.45, 2.75) is 62.6 Å². The van der Waals surface area contributed by atoms with Gasteiger partial charge in [0.1, 0.15) is 0 Å². The maximum absolute atomic E-state index is 9.56. The highest BCUT2D eigenvalue weighted by atomic mass is 16.3. The lowest BCUT2D eigenvalue weighted by Crippen LogP contribution is -2.39. The zero-order chi connectivity index (χ0) is 19.3. The number of pyridine rings is 1. The summed E-state index contributed by atoms with van der Waals surface area (Å²) < 4.78 is 2.14. The average molecular weight is 380 g/mol. The van der Waals surface area contributed by atoms with Gasteiger partial charge >= 0.3 is 0 Å². The first kappa shape index (κ1) is 17.8. The fraction of sp³-hybridized carbons (Fsp3) is 0.571. The number of anilines is 1. The third kappa shape index (κ3) is 3.22. The summed E-state index contributed by atoms with van der Waals surface area (Å²) in [5, 5.41) is 25.7. The van der Waals surface area contributed by atoms with E-state index in [9.17, 15) is 5.11 Å². The second-order valence-corrected chi connectivity index (χ2v) is 8.68. The smallest absolute Gasteiger partial charge is 0.0757 e. The average Bonchev–Trinajstić information content (AvgIpc) is 3.39. The Balaban J connectivity index is 1.44. The lowest BCUT2D eigenvalue weighted by atomic mass is 9.80. The molecule has 3 aliphatic rings. The molecule has 0 saturated heterocycles. The summed E-state index contributed by atoms with van der Waals surface area (Å²) in [7, 11) is 0. The Labute approximate surface area is 164 Å². The monoisotopic (exact) mass is 380 g/mol. The molecule has 148 valence electrons. The summed E-state index contributed by atoms with van der Waals surface area (Å²) in [6.45, 7) is 0.762. The maximum atomic E-state index is 9.56. The molecule has 0 aromatic carbocycles. The van der Waals surface area contributed by atoms with Crippen LogP contribution in [0, 0.1) is 11.3 Å². The molecule has 7 heteroatoms. The van der Waals surface area contributed by atoms with Crippen LogP contribution in [0.5, 0.6) is 0 Å². The minimum Gasteiger partial charge on any atom is -0.393 e. The number of nitrogens with one attached hydrogen (secondary N) is 2. The molecule has 2 heterocycles. The van der Waals surface area contributed by atoms with Crippen molar-refractivity contribution in [3.8, 4) is 11.3 Å². The fourth-order valence-electron chi connectivity index (χ4n) is 4.34. The van der Waals surface area contributed by atoms with E-state index in [1.54, 1.807) is 6.20 Å². The molecular weight excluding hydrogens is 352 g/mol. The van der Waals surface area contributed by atoms with Crippen molar-refractivity contribution in [1.82, 2.24) is 14.8 Å².